The molecule has 1 atom stereocenters. The van der Waals surface area contributed by atoms with Gasteiger partial charge in [-0.25, -0.2) is 0 Å². The van der Waals surface area contributed by atoms with Crippen LogP contribution in [0.4, 0.5) is 0 Å². The first-order chi connectivity index (χ1) is 12.8. The average Bonchev–Trinajstić information content (AvgIpc) is 2.61. The molecular weight excluding hydrogens is 459 g/mol. The van der Waals surface area contributed by atoms with E-state index in [9.17, 15) is 9.59 Å². The van der Waals surface area contributed by atoms with Gasteiger partial charge in [0.05, 0.1) is 9.50 Å². The molecule has 0 heterocycles. The van der Waals surface area contributed by atoms with Crippen LogP contribution < -0.4 is 20.3 Å². The smallest absolute Gasteiger partial charge is 0.279 e. The fraction of sp³-hybridized carbons (Fsp3) is 0.222. The molecule has 0 bridgehead atoms. The maximum absolute atomic E-state index is 12.0. The number of aryl methyl sites for hydroxylation is 1. The molecule has 2 aromatic carbocycles. The second-order valence-corrected chi connectivity index (χ2v) is 7.29. The molecule has 2 rings (SSSR count). The molecule has 0 saturated heterocycles. The lowest BCUT2D eigenvalue weighted by molar-refractivity contribution is -0.133. The monoisotopic (exact) mass is 474 g/mol. The Morgan fingerprint density at radius 3 is 2.48 bits per heavy atom. The van der Waals surface area contributed by atoms with E-state index in [1.54, 1.807) is 18.2 Å². The van der Waals surface area contributed by atoms with Crippen LogP contribution >= 0.6 is 39.1 Å². The van der Waals surface area contributed by atoms with Gasteiger partial charge in [-0.1, -0.05) is 29.3 Å². The molecule has 0 aliphatic rings. The summed E-state index contributed by atoms with van der Waals surface area (Å²) in [6.45, 7) is 3.20. The Morgan fingerprint density at radius 2 is 1.81 bits per heavy atom. The van der Waals surface area contributed by atoms with Crippen molar-refractivity contribution in [2.45, 2.75) is 20.0 Å². The highest BCUT2D eigenvalue weighted by Gasteiger charge is 2.17. The van der Waals surface area contributed by atoms with Crippen molar-refractivity contribution in [1.82, 2.24) is 10.9 Å². The number of halogens is 3. The van der Waals surface area contributed by atoms with Gasteiger partial charge in [-0.2, -0.15) is 0 Å². The van der Waals surface area contributed by atoms with E-state index in [1.807, 2.05) is 19.1 Å². The molecule has 0 spiro atoms. The van der Waals surface area contributed by atoms with Crippen LogP contribution in [0.1, 0.15) is 12.5 Å². The van der Waals surface area contributed by atoms with Crippen molar-refractivity contribution < 1.29 is 19.1 Å². The first-order valence-corrected chi connectivity index (χ1v) is 9.40. The maximum Gasteiger partial charge on any atom is 0.279 e. The van der Waals surface area contributed by atoms with Gasteiger partial charge in [0.25, 0.3) is 11.8 Å². The zero-order valence-electron chi connectivity index (χ0n) is 14.5. The highest BCUT2D eigenvalue weighted by atomic mass is 79.9. The van der Waals surface area contributed by atoms with Crippen LogP contribution in [-0.4, -0.2) is 24.5 Å². The molecule has 2 amide bonds. The van der Waals surface area contributed by atoms with Gasteiger partial charge in [0, 0.05) is 5.02 Å². The number of amides is 2. The van der Waals surface area contributed by atoms with E-state index in [0.29, 0.717) is 16.5 Å². The van der Waals surface area contributed by atoms with E-state index in [-0.39, 0.29) is 11.6 Å². The fourth-order valence-corrected chi connectivity index (χ4v) is 3.01. The van der Waals surface area contributed by atoms with E-state index >= 15 is 0 Å². The largest absolute Gasteiger partial charge is 0.483 e. The molecule has 0 aliphatic carbocycles. The molecule has 2 N–H and O–H groups in total. The molecule has 0 radical (unpaired) electrons. The summed E-state index contributed by atoms with van der Waals surface area (Å²) >= 11 is 15.2. The van der Waals surface area contributed by atoms with Crippen LogP contribution in [0.15, 0.2) is 40.9 Å². The molecule has 0 fully saturated rings. The molecule has 0 aliphatic heterocycles. The Balaban J connectivity index is 1.79. The Morgan fingerprint density at radius 1 is 1.11 bits per heavy atom. The van der Waals surface area contributed by atoms with Crippen LogP contribution in [0.2, 0.25) is 10.0 Å². The third-order valence-corrected chi connectivity index (χ3v) is 4.49. The summed E-state index contributed by atoms with van der Waals surface area (Å²) in [5.74, 6) is -0.239. The third-order valence-electron chi connectivity index (χ3n) is 3.34. The molecular formula is C18H17BrCl2N2O4. The SMILES string of the molecule is Cc1ccc(OCC(=O)NNC(=O)[C@H](C)Oc2ccc(Cl)cc2Cl)c(Br)c1. The minimum absolute atomic E-state index is 0.264. The zero-order chi connectivity index (χ0) is 20.0. The maximum atomic E-state index is 12.0. The molecule has 0 aromatic heterocycles. The van der Waals surface area contributed by atoms with E-state index < -0.39 is 17.9 Å². The molecule has 27 heavy (non-hydrogen) atoms. The van der Waals surface area contributed by atoms with Crippen molar-refractivity contribution >= 4 is 50.9 Å². The first kappa shape index (κ1) is 21.3. The Labute approximate surface area is 175 Å². The zero-order valence-corrected chi connectivity index (χ0v) is 17.6. The van der Waals surface area contributed by atoms with Crippen molar-refractivity contribution in [3.63, 3.8) is 0 Å². The number of carbonyl (C=O) groups excluding carboxylic acids is 2. The summed E-state index contributed by atoms with van der Waals surface area (Å²) in [5, 5.41) is 0.736. The van der Waals surface area contributed by atoms with E-state index in [4.69, 9.17) is 32.7 Å². The lowest BCUT2D eigenvalue weighted by atomic mass is 10.2. The quantitative estimate of drug-likeness (QED) is 0.617. The molecule has 0 saturated carbocycles. The number of nitrogens with one attached hydrogen (secondary N) is 2. The fourth-order valence-electron chi connectivity index (χ4n) is 1.95. The van der Waals surface area contributed by atoms with Crippen molar-refractivity contribution in [2.24, 2.45) is 0 Å². The average molecular weight is 476 g/mol. The number of hydrogen-bond acceptors (Lipinski definition) is 4. The number of carbonyl (C=O) groups is 2. The summed E-state index contributed by atoms with van der Waals surface area (Å²) in [4.78, 5) is 23.9. The van der Waals surface area contributed by atoms with Crippen molar-refractivity contribution in [2.75, 3.05) is 6.61 Å². The summed E-state index contributed by atoms with van der Waals surface area (Å²) in [6.07, 6.45) is -0.892. The molecule has 9 heteroatoms. The number of ether oxygens (including phenoxy) is 2. The summed E-state index contributed by atoms with van der Waals surface area (Å²) in [5.41, 5.74) is 5.59. The molecule has 6 nitrogen and oxygen atoms in total. The lowest BCUT2D eigenvalue weighted by Gasteiger charge is -2.16. The minimum atomic E-state index is -0.892. The predicted octanol–water partition coefficient (Wildman–Crippen LogP) is 4.06. The van der Waals surface area contributed by atoms with Crippen LogP contribution in [0.3, 0.4) is 0 Å². The summed E-state index contributed by atoms with van der Waals surface area (Å²) in [7, 11) is 0. The van der Waals surface area contributed by atoms with Gasteiger partial charge in [-0.3, -0.25) is 20.4 Å². The van der Waals surface area contributed by atoms with Crippen molar-refractivity contribution in [1.29, 1.82) is 0 Å². The van der Waals surface area contributed by atoms with Gasteiger partial charge < -0.3 is 9.47 Å². The van der Waals surface area contributed by atoms with Gasteiger partial charge in [0.2, 0.25) is 0 Å². The standard InChI is InChI=1S/C18H17BrCl2N2O4/c1-10-3-5-15(13(19)7-10)26-9-17(24)22-23-18(25)11(2)27-16-6-4-12(20)8-14(16)21/h3-8,11H,9H2,1-2H3,(H,22,24)(H,23,25)/t11-/m0/s1. The first-order valence-electron chi connectivity index (χ1n) is 7.85. The van der Waals surface area contributed by atoms with Gasteiger partial charge in [-0.05, 0) is 65.7 Å². The topological polar surface area (TPSA) is 76.7 Å². The van der Waals surface area contributed by atoms with Crippen LogP contribution in [0, 0.1) is 6.92 Å². The number of benzene rings is 2. The van der Waals surface area contributed by atoms with E-state index in [0.717, 1.165) is 10.0 Å². The molecule has 2 aromatic rings. The van der Waals surface area contributed by atoms with Crippen LogP contribution in [-0.2, 0) is 9.59 Å². The van der Waals surface area contributed by atoms with Gasteiger partial charge in [0.15, 0.2) is 12.7 Å². The van der Waals surface area contributed by atoms with E-state index in [1.165, 1.54) is 13.0 Å². The van der Waals surface area contributed by atoms with Gasteiger partial charge in [0.1, 0.15) is 11.5 Å². The van der Waals surface area contributed by atoms with Crippen LogP contribution in [0.25, 0.3) is 0 Å². The number of hydrogen-bond donors (Lipinski definition) is 2. The molecule has 144 valence electrons. The van der Waals surface area contributed by atoms with Crippen molar-refractivity contribution in [3.05, 3.63) is 56.5 Å². The highest BCUT2D eigenvalue weighted by molar-refractivity contribution is 9.10. The predicted molar refractivity (Wildman–Crippen MR) is 107 cm³/mol. The van der Waals surface area contributed by atoms with Gasteiger partial charge >= 0.3 is 0 Å². The summed E-state index contributed by atoms with van der Waals surface area (Å²) in [6, 6.07) is 10.1. The normalized spacial score (nSPS) is 11.4. The van der Waals surface area contributed by atoms with E-state index in [2.05, 4.69) is 26.8 Å². The molecule has 0 unspecified atom stereocenters. The van der Waals surface area contributed by atoms with Crippen molar-refractivity contribution in [3.8, 4) is 11.5 Å². The lowest BCUT2D eigenvalue weighted by Crippen LogP contribution is -2.48. The van der Waals surface area contributed by atoms with Crippen LogP contribution in [0.5, 0.6) is 11.5 Å². The summed E-state index contributed by atoms with van der Waals surface area (Å²) < 4.78 is 11.6. The number of hydrazine groups is 1. The second kappa shape index (κ2) is 9.82. The second-order valence-electron chi connectivity index (χ2n) is 5.59. The third kappa shape index (κ3) is 6.61. The minimum Gasteiger partial charge on any atom is -0.483 e. The Bertz CT molecular complexity index is 848. The number of rotatable bonds is 6. The Hall–Kier alpha value is -1.96. The highest BCUT2D eigenvalue weighted by Crippen LogP contribution is 2.28. The Kier molecular flexibility index (Phi) is 7.77. The van der Waals surface area contributed by atoms with Gasteiger partial charge in [-0.15, -0.1) is 0 Å².